The Bertz CT molecular complexity index is 776. The molecule has 2 N–H and O–H groups in total. The van der Waals surface area contributed by atoms with Gasteiger partial charge in [0.2, 0.25) is 5.91 Å². The van der Waals surface area contributed by atoms with E-state index in [-0.39, 0.29) is 17.6 Å². The summed E-state index contributed by atoms with van der Waals surface area (Å²) in [6, 6.07) is 12.6. The van der Waals surface area contributed by atoms with Crippen molar-refractivity contribution in [2.24, 2.45) is 0 Å². The van der Waals surface area contributed by atoms with Crippen LogP contribution < -0.4 is 15.4 Å². The monoisotopic (exact) mass is 360 g/mol. The van der Waals surface area contributed by atoms with E-state index in [2.05, 4.69) is 15.4 Å². The summed E-state index contributed by atoms with van der Waals surface area (Å²) < 4.78 is 28.7. The average Bonchev–Trinajstić information content (AvgIpc) is 2.64. The van der Waals surface area contributed by atoms with Crippen LogP contribution in [0, 0.1) is 0 Å². The minimum Gasteiger partial charge on any atom is -0.435 e. The van der Waals surface area contributed by atoms with Crippen molar-refractivity contribution in [2.45, 2.75) is 25.5 Å². The van der Waals surface area contributed by atoms with Crippen molar-refractivity contribution in [1.29, 1.82) is 0 Å². The zero-order valence-corrected chi connectivity index (χ0v) is 13.9. The molecule has 0 spiro atoms. The number of ether oxygens (including phenoxy) is 1. The molecule has 0 radical (unpaired) electrons. The Labute approximate surface area is 149 Å². The van der Waals surface area contributed by atoms with Gasteiger partial charge in [-0.3, -0.25) is 9.59 Å². The Kier molecular flexibility index (Phi) is 5.46. The summed E-state index contributed by atoms with van der Waals surface area (Å²) in [4.78, 5) is 24.0. The fourth-order valence-corrected chi connectivity index (χ4v) is 2.79. The largest absolute Gasteiger partial charge is 0.435 e. The average molecular weight is 360 g/mol. The van der Waals surface area contributed by atoms with E-state index >= 15 is 0 Å². The molecule has 0 aromatic heterocycles. The molecule has 1 aliphatic heterocycles. The first-order chi connectivity index (χ1) is 12.5. The fourth-order valence-electron chi connectivity index (χ4n) is 2.79. The van der Waals surface area contributed by atoms with Gasteiger partial charge >= 0.3 is 6.61 Å². The van der Waals surface area contributed by atoms with Crippen molar-refractivity contribution in [3.63, 3.8) is 0 Å². The molecule has 26 heavy (non-hydrogen) atoms. The van der Waals surface area contributed by atoms with E-state index in [4.69, 9.17) is 0 Å². The molecular weight excluding hydrogens is 342 g/mol. The van der Waals surface area contributed by atoms with Crippen molar-refractivity contribution in [3.8, 4) is 16.9 Å². The van der Waals surface area contributed by atoms with Crippen LogP contribution in [0.5, 0.6) is 5.75 Å². The van der Waals surface area contributed by atoms with E-state index in [0.717, 1.165) is 17.5 Å². The molecule has 7 heteroatoms. The van der Waals surface area contributed by atoms with Gasteiger partial charge in [-0.1, -0.05) is 24.3 Å². The summed E-state index contributed by atoms with van der Waals surface area (Å²) in [6.45, 7) is -2.22. The molecule has 2 aromatic carbocycles. The lowest BCUT2D eigenvalue weighted by Crippen LogP contribution is -2.50. The lowest BCUT2D eigenvalue weighted by atomic mass is 10.0. The predicted molar refractivity (Wildman–Crippen MR) is 92.0 cm³/mol. The predicted octanol–water partition coefficient (Wildman–Crippen LogP) is 2.96. The summed E-state index contributed by atoms with van der Waals surface area (Å²) in [5, 5.41) is 5.46. The highest BCUT2D eigenvalue weighted by molar-refractivity contribution is 5.98. The maximum absolute atomic E-state index is 12.3. The molecule has 0 saturated carbocycles. The van der Waals surface area contributed by atoms with Gasteiger partial charge in [-0.2, -0.15) is 8.78 Å². The van der Waals surface area contributed by atoms with Gasteiger partial charge in [0, 0.05) is 12.1 Å². The number of rotatable bonds is 5. The first-order valence-electron chi connectivity index (χ1n) is 8.27. The topological polar surface area (TPSA) is 67.4 Å². The molecule has 1 atom stereocenters. The highest BCUT2D eigenvalue weighted by atomic mass is 19.3. The number of alkyl halides is 2. The molecule has 3 rings (SSSR count). The van der Waals surface area contributed by atoms with E-state index < -0.39 is 12.7 Å². The molecule has 0 bridgehead atoms. The van der Waals surface area contributed by atoms with Crippen LogP contribution in [0.25, 0.3) is 11.1 Å². The lowest BCUT2D eigenvalue weighted by molar-refractivity contribution is -0.124. The molecule has 5 nitrogen and oxygen atoms in total. The van der Waals surface area contributed by atoms with Gasteiger partial charge < -0.3 is 15.4 Å². The Morgan fingerprint density at radius 1 is 1.08 bits per heavy atom. The molecule has 136 valence electrons. The summed E-state index contributed by atoms with van der Waals surface area (Å²) >= 11 is 0. The second-order valence-electron chi connectivity index (χ2n) is 5.94. The smallest absolute Gasteiger partial charge is 0.387 e. The first kappa shape index (κ1) is 17.8. The number of benzene rings is 2. The van der Waals surface area contributed by atoms with Gasteiger partial charge in [0.25, 0.3) is 5.91 Å². The third-order valence-electron chi connectivity index (χ3n) is 4.15. The molecule has 1 heterocycles. The van der Waals surface area contributed by atoms with Crippen molar-refractivity contribution in [1.82, 2.24) is 10.6 Å². The molecule has 1 aliphatic rings. The number of hydrogen-bond acceptors (Lipinski definition) is 3. The number of nitrogens with one attached hydrogen (secondary N) is 2. The third-order valence-corrected chi connectivity index (χ3v) is 4.15. The second-order valence-corrected chi connectivity index (χ2v) is 5.94. The van der Waals surface area contributed by atoms with Crippen LogP contribution >= 0.6 is 0 Å². The highest BCUT2D eigenvalue weighted by Crippen LogP contribution is 2.23. The minimum absolute atomic E-state index is 0.0884. The molecule has 0 unspecified atom stereocenters. The van der Waals surface area contributed by atoms with E-state index in [9.17, 15) is 18.4 Å². The number of halogens is 2. The van der Waals surface area contributed by atoms with Crippen LogP contribution in [-0.2, 0) is 4.79 Å². The molecular formula is C19H18F2N2O3. The van der Waals surface area contributed by atoms with E-state index in [1.54, 1.807) is 36.4 Å². The quantitative estimate of drug-likeness (QED) is 0.861. The Hall–Kier alpha value is -2.96. The van der Waals surface area contributed by atoms with Crippen molar-refractivity contribution >= 4 is 11.8 Å². The van der Waals surface area contributed by atoms with Gasteiger partial charge in [-0.25, -0.2) is 0 Å². The summed E-state index contributed by atoms with van der Waals surface area (Å²) in [6.07, 6.45) is 1.46. The molecule has 1 saturated heterocycles. The van der Waals surface area contributed by atoms with Crippen LogP contribution in [0.2, 0.25) is 0 Å². The fraction of sp³-hybridized carbons (Fsp3) is 0.263. The zero-order valence-electron chi connectivity index (χ0n) is 13.9. The maximum atomic E-state index is 12.3. The van der Waals surface area contributed by atoms with Crippen molar-refractivity contribution in [3.05, 3.63) is 54.1 Å². The van der Waals surface area contributed by atoms with Crippen LogP contribution in [0.15, 0.2) is 48.5 Å². The number of amides is 2. The molecule has 2 aromatic rings. The van der Waals surface area contributed by atoms with Gasteiger partial charge in [0.1, 0.15) is 11.8 Å². The number of hydrogen-bond donors (Lipinski definition) is 2. The zero-order chi connectivity index (χ0) is 18.5. The SMILES string of the molecule is O=C(N[C@H]1CCCNC1=O)c1ccc(-c2ccc(OC(F)F)cc2)cc1. The van der Waals surface area contributed by atoms with Gasteiger partial charge in [0.05, 0.1) is 0 Å². The Morgan fingerprint density at radius 2 is 1.69 bits per heavy atom. The normalized spacial score (nSPS) is 16.9. The summed E-state index contributed by atoms with van der Waals surface area (Å²) in [5.74, 6) is -0.378. The van der Waals surface area contributed by atoms with Crippen LogP contribution in [0.4, 0.5) is 8.78 Å². The molecule has 0 aliphatic carbocycles. The van der Waals surface area contributed by atoms with Crippen molar-refractivity contribution in [2.75, 3.05) is 6.54 Å². The van der Waals surface area contributed by atoms with Gasteiger partial charge in [-0.15, -0.1) is 0 Å². The Morgan fingerprint density at radius 3 is 2.27 bits per heavy atom. The van der Waals surface area contributed by atoms with E-state index in [1.165, 1.54) is 12.1 Å². The van der Waals surface area contributed by atoms with Gasteiger partial charge in [-0.05, 0) is 48.2 Å². The van der Waals surface area contributed by atoms with Gasteiger partial charge in [0.15, 0.2) is 0 Å². The number of carbonyl (C=O) groups is 2. The van der Waals surface area contributed by atoms with E-state index in [1.807, 2.05) is 0 Å². The minimum atomic E-state index is -2.86. The van der Waals surface area contributed by atoms with E-state index in [0.29, 0.717) is 18.5 Å². The van der Waals surface area contributed by atoms with Crippen LogP contribution in [-0.4, -0.2) is 31.0 Å². The Balaban J connectivity index is 1.66. The van der Waals surface area contributed by atoms with Crippen molar-refractivity contribution < 1.29 is 23.1 Å². The number of carbonyl (C=O) groups excluding carboxylic acids is 2. The number of piperidine rings is 1. The second kappa shape index (κ2) is 7.95. The van der Waals surface area contributed by atoms with Crippen LogP contribution in [0.3, 0.4) is 0 Å². The standard InChI is InChI=1S/C19H18F2N2O3/c20-19(21)26-15-9-7-13(8-10-15)12-3-5-14(6-4-12)17(24)23-16-2-1-11-22-18(16)25/h3-10,16,19H,1-2,11H2,(H,22,25)(H,23,24)/t16-/m0/s1. The highest BCUT2D eigenvalue weighted by Gasteiger charge is 2.23. The van der Waals surface area contributed by atoms with Crippen LogP contribution in [0.1, 0.15) is 23.2 Å². The lowest BCUT2D eigenvalue weighted by Gasteiger charge is -2.22. The molecule has 1 fully saturated rings. The molecule has 2 amide bonds. The maximum Gasteiger partial charge on any atom is 0.387 e. The first-order valence-corrected chi connectivity index (χ1v) is 8.27. The summed E-state index contributed by atoms with van der Waals surface area (Å²) in [5.41, 5.74) is 2.09. The third kappa shape index (κ3) is 4.36. The summed E-state index contributed by atoms with van der Waals surface area (Å²) in [7, 11) is 0.